The van der Waals surface area contributed by atoms with Gasteiger partial charge in [-0.1, -0.05) is 42.5 Å². The zero-order valence-corrected chi connectivity index (χ0v) is 24.3. The minimum absolute atomic E-state index is 0.00534. The molecule has 0 atom stereocenters. The van der Waals surface area contributed by atoms with E-state index in [1.165, 1.54) is 6.07 Å². The molecule has 6 aromatic carbocycles. The van der Waals surface area contributed by atoms with Crippen LogP contribution in [0.15, 0.2) is 149 Å². The number of fused-ring (bicyclic) bond motifs is 4. The Morgan fingerprint density at radius 1 is 0.659 bits per heavy atom. The topological polar surface area (TPSA) is 64.2 Å². The third-order valence-corrected chi connectivity index (χ3v) is 7.53. The predicted molar refractivity (Wildman–Crippen MR) is 179 cm³/mol. The second kappa shape index (κ2) is 11.0. The summed E-state index contributed by atoms with van der Waals surface area (Å²) in [5.41, 5.74) is 2.03. The van der Waals surface area contributed by atoms with Gasteiger partial charge in [0.15, 0.2) is 0 Å². The molecular weight excluding hydrogens is 607 g/mol. The third-order valence-electron chi connectivity index (χ3n) is 6.91. The summed E-state index contributed by atoms with van der Waals surface area (Å²) in [4.78, 5) is 18.7. The number of aromatic nitrogens is 3. The van der Waals surface area contributed by atoms with Crippen molar-refractivity contribution in [3.05, 3.63) is 145 Å². The molecule has 0 aliphatic heterocycles. The van der Waals surface area contributed by atoms with E-state index in [9.17, 15) is 1.37 Å². The van der Waals surface area contributed by atoms with Gasteiger partial charge in [-0.2, -0.15) is 0 Å². The molecule has 0 saturated carbocycles. The zero-order valence-electron chi connectivity index (χ0n) is 32.6. The molecule has 0 N–H and O–H groups in total. The van der Waals surface area contributed by atoms with Crippen LogP contribution in [0.4, 0.5) is 5.69 Å². The summed E-state index contributed by atoms with van der Waals surface area (Å²) in [7, 11) is 0. The van der Waals surface area contributed by atoms with Crippen LogP contribution < -0.4 is 0 Å². The van der Waals surface area contributed by atoms with Crippen molar-refractivity contribution in [1.82, 2.24) is 15.0 Å². The van der Waals surface area contributed by atoms with Crippen LogP contribution in [-0.2, 0) is 0 Å². The molecule has 6 heteroatoms. The molecule has 0 fully saturated rings. The average Bonchev–Trinajstić information content (AvgIpc) is 3.56. The van der Waals surface area contributed by atoms with Crippen molar-refractivity contribution in [1.29, 1.82) is 0 Å². The van der Waals surface area contributed by atoms with Gasteiger partial charge in [0.25, 0.3) is 0 Å². The summed E-state index contributed by atoms with van der Waals surface area (Å²) in [5.74, 6) is 0.423. The van der Waals surface area contributed by atoms with Gasteiger partial charge in [-0.3, -0.25) is 0 Å². The first-order valence-corrected chi connectivity index (χ1v) is 14.3. The fraction of sp³-hybridized carbons (Fsp3) is 0. The average molecular weight is 641 g/mol. The molecule has 2 heterocycles. The van der Waals surface area contributed by atoms with E-state index in [4.69, 9.17) is 31.7 Å². The Labute approximate surface area is 275 Å². The second-order valence-corrected chi connectivity index (χ2v) is 10.5. The molecule has 0 aliphatic carbocycles. The van der Waals surface area contributed by atoms with Gasteiger partial charge in [0.1, 0.15) is 11.2 Å². The number of hydrogen-bond acceptors (Lipinski definition) is 5. The SMILES string of the molecule is [2H]c1c([2H])c([2H])c(C([Se])=Nc2cc3c([2H])c(-c4nc(-c5ccccc5)nc(-c5cccc6oc7ccccc7c56)n4)c([2H])c([2H])c3c([2H])c2[2H])c([2H])c1[2H]. The standard InChI is InChI=1S/C38H23N4OSe/c44-38(26-12-5-2-6-13-26)39-29-21-20-24-18-19-27(22-28(24)23-29)36-40-35(25-10-3-1-4-11-25)41-37(42-36)31-15-9-17-33-34(31)30-14-7-8-16-32(30)43-33/h1-23H/i2D,5D,6D,12D,13D,18D,19D,20D,21D,22D. The number of nitrogens with zero attached hydrogens (tertiary/aromatic N) is 4. The maximum atomic E-state index is 9.39. The molecule has 0 unspecified atom stereocenters. The predicted octanol–water partition coefficient (Wildman–Crippen LogP) is 9.17. The first-order valence-electron chi connectivity index (χ1n) is 18.5. The molecule has 2 aromatic heterocycles. The first-order chi connectivity index (χ1) is 25.9. The van der Waals surface area contributed by atoms with Crippen molar-refractivity contribution in [2.24, 2.45) is 4.99 Å². The molecule has 5 nitrogen and oxygen atoms in total. The van der Waals surface area contributed by atoms with Crippen molar-refractivity contribution >= 4 is 59.0 Å². The van der Waals surface area contributed by atoms with Gasteiger partial charge in [-0.15, -0.1) is 0 Å². The quantitative estimate of drug-likeness (QED) is 0.139. The maximum absolute atomic E-state index is 9.39. The number of aliphatic imine (C=N–C) groups is 1. The molecule has 1 radical (unpaired) electrons. The van der Waals surface area contributed by atoms with E-state index in [0.29, 0.717) is 22.3 Å². The van der Waals surface area contributed by atoms with Crippen molar-refractivity contribution in [2.45, 2.75) is 0 Å². The molecular formula is C38H23N4OSe. The van der Waals surface area contributed by atoms with Gasteiger partial charge in [-0.25, -0.2) is 0 Å². The fourth-order valence-corrected chi connectivity index (χ4v) is 5.33. The van der Waals surface area contributed by atoms with E-state index >= 15 is 0 Å². The van der Waals surface area contributed by atoms with Crippen molar-refractivity contribution < 1.29 is 18.1 Å². The number of para-hydroxylation sites is 1. The number of rotatable bonds is 5. The number of hydrogen-bond donors (Lipinski definition) is 0. The van der Waals surface area contributed by atoms with Crippen LogP contribution >= 0.6 is 0 Å². The Balaban J connectivity index is 1.39. The van der Waals surface area contributed by atoms with E-state index in [1.807, 2.05) is 72.8 Å². The van der Waals surface area contributed by atoms with Gasteiger partial charge < -0.3 is 4.42 Å². The van der Waals surface area contributed by atoms with Crippen LogP contribution in [0.3, 0.4) is 0 Å². The molecule has 0 spiro atoms. The van der Waals surface area contributed by atoms with Gasteiger partial charge in [0.05, 0.1) is 0 Å². The van der Waals surface area contributed by atoms with Gasteiger partial charge in [-0.05, 0) is 12.1 Å². The summed E-state index contributed by atoms with van der Waals surface area (Å²) >= 11 is 2.62. The van der Waals surface area contributed by atoms with E-state index in [1.54, 1.807) is 0 Å². The Bertz CT molecular complexity index is 2890. The summed E-state index contributed by atoms with van der Waals surface area (Å²) in [6, 6.07) is 18.7. The number of furan rings is 1. The van der Waals surface area contributed by atoms with Crippen LogP contribution in [0.1, 0.15) is 19.3 Å². The Hall–Kier alpha value is -5.42. The monoisotopic (exact) mass is 641 g/mol. The molecule has 0 amide bonds. The van der Waals surface area contributed by atoms with Gasteiger partial charge >= 0.3 is 201 Å². The molecule has 8 rings (SSSR count). The second-order valence-electron chi connectivity index (χ2n) is 9.68. The third kappa shape index (κ3) is 4.86. The van der Waals surface area contributed by atoms with E-state index in [2.05, 4.69) is 21.0 Å². The molecule has 44 heavy (non-hydrogen) atoms. The molecule has 207 valence electrons. The minimum atomic E-state index is -0.575. The van der Waals surface area contributed by atoms with Gasteiger partial charge in [0, 0.05) is 5.39 Å². The Morgan fingerprint density at radius 2 is 1.39 bits per heavy atom. The van der Waals surface area contributed by atoms with Gasteiger partial charge in [0.2, 0.25) is 0 Å². The summed E-state index contributed by atoms with van der Waals surface area (Å²) in [6.07, 6.45) is 0. The Morgan fingerprint density at radius 3 is 2.25 bits per heavy atom. The van der Waals surface area contributed by atoms with Crippen LogP contribution in [0.5, 0.6) is 0 Å². The first kappa shape index (κ1) is 17.6. The van der Waals surface area contributed by atoms with Crippen LogP contribution in [0.2, 0.25) is 0 Å². The molecule has 0 bridgehead atoms. The van der Waals surface area contributed by atoms with E-state index in [-0.39, 0.29) is 55.7 Å². The zero-order chi connectivity index (χ0) is 38.2. The normalized spacial score (nSPS) is 15.0. The molecule has 0 aliphatic rings. The number of benzene rings is 6. The van der Waals surface area contributed by atoms with Crippen molar-refractivity contribution in [2.75, 3.05) is 0 Å². The summed E-state index contributed by atoms with van der Waals surface area (Å²) in [6.45, 7) is 0. The van der Waals surface area contributed by atoms with Crippen LogP contribution in [-0.4, -0.2) is 35.6 Å². The molecule has 0 saturated heterocycles. The fourth-order valence-electron chi connectivity index (χ4n) is 4.91. The summed E-state index contributed by atoms with van der Waals surface area (Å²) in [5, 5.41) is 1.48. The van der Waals surface area contributed by atoms with Crippen molar-refractivity contribution in [3.63, 3.8) is 0 Å². The Kier molecular flexibility index (Phi) is 4.41. The van der Waals surface area contributed by atoms with Crippen LogP contribution in [0, 0.1) is 0 Å². The molecule has 8 aromatic rings. The van der Waals surface area contributed by atoms with E-state index < -0.39 is 54.4 Å². The van der Waals surface area contributed by atoms with Crippen LogP contribution in [0.25, 0.3) is 66.9 Å². The summed E-state index contributed by atoms with van der Waals surface area (Å²) < 4.78 is 91.7. The van der Waals surface area contributed by atoms with E-state index in [0.717, 1.165) is 10.8 Å². The van der Waals surface area contributed by atoms with Crippen molar-refractivity contribution in [3.8, 4) is 34.2 Å².